The number of hydrogen-bond acceptors (Lipinski definition) is 1. The summed E-state index contributed by atoms with van der Waals surface area (Å²) in [7, 11) is 0. The van der Waals surface area contributed by atoms with Crippen LogP contribution in [0.3, 0.4) is 0 Å². The van der Waals surface area contributed by atoms with E-state index in [1.54, 1.807) is 0 Å². The van der Waals surface area contributed by atoms with Gasteiger partial charge in [-0.25, -0.2) is 0 Å². The molecule has 0 spiro atoms. The second-order valence-corrected chi connectivity index (χ2v) is 3.31. The quantitative estimate of drug-likeness (QED) is 0.684. The number of fused-ring (bicyclic) bond motifs is 1. The molecule has 0 fully saturated rings. The monoisotopic (exact) mass is 174 g/mol. The molecule has 1 unspecified atom stereocenters. The van der Waals surface area contributed by atoms with E-state index < -0.39 is 0 Å². The molecule has 0 bridgehead atoms. The van der Waals surface area contributed by atoms with E-state index >= 15 is 0 Å². The summed E-state index contributed by atoms with van der Waals surface area (Å²) in [5, 5.41) is 0. The highest BCUT2D eigenvalue weighted by Crippen LogP contribution is 2.36. The van der Waals surface area contributed by atoms with Crippen molar-refractivity contribution in [2.75, 3.05) is 6.61 Å². The Labute approximate surface area is 79.0 Å². The minimum absolute atomic E-state index is 0.333. The van der Waals surface area contributed by atoms with Crippen LogP contribution in [0, 0.1) is 0 Å². The van der Waals surface area contributed by atoms with Crippen molar-refractivity contribution in [2.45, 2.75) is 19.4 Å². The summed E-state index contributed by atoms with van der Waals surface area (Å²) < 4.78 is 5.57. The van der Waals surface area contributed by atoms with E-state index in [1.165, 1.54) is 16.7 Å². The van der Waals surface area contributed by atoms with Crippen LogP contribution in [0.4, 0.5) is 0 Å². The fraction of sp³-hybridized carbons (Fsp3) is 0.333. The number of ether oxygens (including phenoxy) is 1. The molecule has 0 heterocycles. The van der Waals surface area contributed by atoms with Crippen LogP contribution in [0.2, 0.25) is 0 Å². The van der Waals surface area contributed by atoms with Crippen LogP contribution in [0.5, 0.6) is 0 Å². The zero-order valence-electron chi connectivity index (χ0n) is 7.92. The van der Waals surface area contributed by atoms with Gasteiger partial charge in [0.2, 0.25) is 0 Å². The first-order valence-electron chi connectivity index (χ1n) is 4.72. The molecule has 1 atom stereocenters. The lowest BCUT2D eigenvalue weighted by Gasteiger charge is -2.30. The summed E-state index contributed by atoms with van der Waals surface area (Å²) in [6.45, 7) is 6.59. The van der Waals surface area contributed by atoms with Crippen LogP contribution in [-0.2, 0) is 11.2 Å². The van der Waals surface area contributed by atoms with Crippen LogP contribution < -0.4 is 0 Å². The van der Waals surface area contributed by atoms with E-state index in [2.05, 4.69) is 24.8 Å². The third-order valence-electron chi connectivity index (χ3n) is 2.53. The summed E-state index contributed by atoms with van der Waals surface area (Å²) in [5.41, 5.74) is 3.95. The molecule has 0 N–H and O–H groups in total. The van der Waals surface area contributed by atoms with Gasteiger partial charge in [-0.2, -0.15) is 0 Å². The maximum Gasteiger partial charge on any atom is 0.0868 e. The van der Waals surface area contributed by atoms with Gasteiger partial charge in [-0.1, -0.05) is 24.8 Å². The first-order chi connectivity index (χ1) is 6.35. The van der Waals surface area contributed by atoms with Crippen molar-refractivity contribution in [1.82, 2.24) is 0 Å². The van der Waals surface area contributed by atoms with Gasteiger partial charge >= 0.3 is 0 Å². The van der Waals surface area contributed by atoms with Crippen molar-refractivity contribution in [2.24, 2.45) is 0 Å². The number of rotatable bonds is 3. The maximum absolute atomic E-state index is 5.57. The second kappa shape index (κ2) is 3.35. The molecule has 0 saturated heterocycles. The lowest BCUT2D eigenvalue weighted by atomic mass is 9.84. The molecule has 13 heavy (non-hydrogen) atoms. The van der Waals surface area contributed by atoms with Crippen molar-refractivity contribution in [3.63, 3.8) is 0 Å². The smallest absolute Gasteiger partial charge is 0.0868 e. The van der Waals surface area contributed by atoms with Crippen molar-refractivity contribution in [3.05, 3.63) is 41.5 Å². The number of benzene rings is 1. The van der Waals surface area contributed by atoms with E-state index in [0.717, 1.165) is 13.0 Å². The number of hydrogen-bond donors (Lipinski definition) is 0. The summed E-state index contributed by atoms with van der Waals surface area (Å²) >= 11 is 0. The Kier molecular flexibility index (Phi) is 2.19. The van der Waals surface area contributed by atoms with Crippen LogP contribution in [0.1, 0.15) is 29.7 Å². The molecule has 0 saturated carbocycles. The van der Waals surface area contributed by atoms with Crippen LogP contribution in [-0.4, -0.2) is 6.61 Å². The maximum atomic E-state index is 5.57. The van der Waals surface area contributed by atoms with Gasteiger partial charge in [-0.05, 0) is 29.7 Å². The SMILES string of the molecule is C=Cc1ccc2c(c1)C(OCC)C2. The highest BCUT2D eigenvalue weighted by atomic mass is 16.5. The predicted octanol–water partition coefficient (Wildman–Crippen LogP) is 2.96. The molecule has 1 aromatic carbocycles. The zero-order valence-corrected chi connectivity index (χ0v) is 7.92. The van der Waals surface area contributed by atoms with Gasteiger partial charge in [0.05, 0.1) is 6.10 Å². The van der Waals surface area contributed by atoms with Gasteiger partial charge in [-0.15, -0.1) is 0 Å². The zero-order chi connectivity index (χ0) is 9.26. The van der Waals surface area contributed by atoms with Gasteiger partial charge in [-0.3, -0.25) is 0 Å². The molecule has 0 aromatic heterocycles. The van der Waals surface area contributed by atoms with E-state index in [1.807, 2.05) is 13.0 Å². The van der Waals surface area contributed by atoms with Crippen molar-refractivity contribution in [3.8, 4) is 0 Å². The third-order valence-corrected chi connectivity index (χ3v) is 2.53. The Balaban J connectivity index is 2.24. The lowest BCUT2D eigenvalue weighted by Crippen LogP contribution is -2.19. The van der Waals surface area contributed by atoms with Gasteiger partial charge < -0.3 is 4.74 Å². The molecule has 0 amide bonds. The average molecular weight is 174 g/mol. The first kappa shape index (κ1) is 8.52. The molecule has 1 aromatic rings. The van der Waals surface area contributed by atoms with E-state index in [-0.39, 0.29) is 0 Å². The fourth-order valence-corrected chi connectivity index (χ4v) is 1.75. The van der Waals surface area contributed by atoms with E-state index in [0.29, 0.717) is 6.10 Å². The molecule has 1 heteroatoms. The molecular weight excluding hydrogens is 160 g/mol. The highest BCUT2D eigenvalue weighted by Gasteiger charge is 2.25. The van der Waals surface area contributed by atoms with Crippen molar-refractivity contribution in [1.29, 1.82) is 0 Å². The summed E-state index contributed by atoms with van der Waals surface area (Å²) in [4.78, 5) is 0. The molecule has 1 nitrogen and oxygen atoms in total. The lowest BCUT2D eigenvalue weighted by molar-refractivity contribution is 0.0462. The molecule has 0 aliphatic heterocycles. The predicted molar refractivity (Wildman–Crippen MR) is 54.6 cm³/mol. The topological polar surface area (TPSA) is 9.23 Å². The minimum atomic E-state index is 0.333. The van der Waals surface area contributed by atoms with Gasteiger partial charge in [0.25, 0.3) is 0 Å². The van der Waals surface area contributed by atoms with Crippen LogP contribution in [0.15, 0.2) is 24.8 Å². The largest absolute Gasteiger partial charge is 0.373 e. The van der Waals surface area contributed by atoms with Crippen molar-refractivity contribution < 1.29 is 4.74 Å². The van der Waals surface area contributed by atoms with Crippen LogP contribution >= 0.6 is 0 Å². The highest BCUT2D eigenvalue weighted by molar-refractivity contribution is 5.53. The van der Waals surface area contributed by atoms with E-state index in [9.17, 15) is 0 Å². The second-order valence-electron chi connectivity index (χ2n) is 3.31. The Morgan fingerprint density at radius 2 is 2.46 bits per heavy atom. The standard InChI is InChI=1S/C12H14O/c1-3-9-5-6-10-8-12(13-4-2)11(10)7-9/h3,5-7,12H,1,4,8H2,2H3. The molecule has 0 radical (unpaired) electrons. The molecule has 1 aliphatic rings. The Morgan fingerprint density at radius 3 is 3.15 bits per heavy atom. The van der Waals surface area contributed by atoms with Gasteiger partial charge in [0, 0.05) is 13.0 Å². The average Bonchev–Trinajstić information content (AvgIpc) is 2.14. The van der Waals surface area contributed by atoms with Gasteiger partial charge in [0.1, 0.15) is 0 Å². The summed E-state index contributed by atoms with van der Waals surface area (Å²) in [5.74, 6) is 0. The van der Waals surface area contributed by atoms with Crippen LogP contribution in [0.25, 0.3) is 6.08 Å². The Morgan fingerprint density at radius 1 is 1.62 bits per heavy atom. The molecule has 68 valence electrons. The van der Waals surface area contributed by atoms with Crippen molar-refractivity contribution >= 4 is 6.08 Å². The third kappa shape index (κ3) is 1.40. The normalized spacial score (nSPS) is 19.0. The fourth-order valence-electron chi connectivity index (χ4n) is 1.75. The summed E-state index contributed by atoms with van der Waals surface area (Å²) in [6, 6.07) is 6.45. The Hall–Kier alpha value is -1.08. The van der Waals surface area contributed by atoms with E-state index in [4.69, 9.17) is 4.74 Å². The van der Waals surface area contributed by atoms with Gasteiger partial charge in [0.15, 0.2) is 0 Å². The molecule has 1 aliphatic carbocycles. The molecular formula is C12H14O. The summed E-state index contributed by atoms with van der Waals surface area (Å²) in [6.07, 6.45) is 3.28. The Bertz CT molecular complexity index is 328. The minimum Gasteiger partial charge on any atom is -0.373 e. The first-order valence-corrected chi connectivity index (χ1v) is 4.72. The molecule has 2 rings (SSSR count).